The van der Waals surface area contributed by atoms with Crippen molar-refractivity contribution in [2.24, 2.45) is 0 Å². The Morgan fingerprint density at radius 2 is 1.81 bits per heavy atom. The molecule has 142 valence electrons. The van der Waals surface area contributed by atoms with Crippen molar-refractivity contribution in [3.05, 3.63) is 59.2 Å². The van der Waals surface area contributed by atoms with Gasteiger partial charge in [-0.25, -0.2) is 0 Å². The highest BCUT2D eigenvalue weighted by Gasteiger charge is 2.34. The van der Waals surface area contributed by atoms with Gasteiger partial charge in [0.25, 0.3) is 5.91 Å². The monoisotopic (exact) mass is 366 g/mol. The van der Waals surface area contributed by atoms with E-state index in [0.29, 0.717) is 24.4 Å². The van der Waals surface area contributed by atoms with Gasteiger partial charge in [0.15, 0.2) is 6.10 Å². The minimum absolute atomic E-state index is 0.00302. The van der Waals surface area contributed by atoms with Crippen molar-refractivity contribution in [2.75, 3.05) is 18.0 Å². The van der Waals surface area contributed by atoms with Crippen LogP contribution in [0.3, 0.4) is 0 Å². The second kappa shape index (κ2) is 8.25. The molecule has 0 bridgehead atoms. The molecule has 0 radical (unpaired) electrons. The Balaban J connectivity index is 1.64. The van der Waals surface area contributed by atoms with Crippen molar-refractivity contribution in [3.63, 3.8) is 0 Å². The number of anilines is 1. The average Bonchev–Trinajstić information content (AvgIpc) is 2.65. The van der Waals surface area contributed by atoms with Crippen LogP contribution >= 0.6 is 0 Å². The Morgan fingerprint density at radius 1 is 1.11 bits per heavy atom. The zero-order chi connectivity index (χ0) is 19.4. The van der Waals surface area contributed by atoms with Crippen LogP contribution < -0.4 is 15.0 Å². The van der Waals surface area contributed by atoms with Crippen LogP contribution in [0.5, 0.6) is 5.75 Å². The van der Waals surface area contributed by atoms with E-state index in [1.165, 1.54) is 11.1 Å². The van der Waals surface area contributed by atoms with Gasteiger partial charge in [0.05, 0.1) is 5.69 Å². The summed E-state index contributed by atoms with van der Waals surface area (Å²) in [5.41, 5.74) is 4.08. The van der Waals surface area contributed by atoms with Gasteiger partial charge in [0, 0.05) is 6.54 Å². The lowest BCUT2D eigenvalue weighted by molar-refractivity contribution is -0.129. The number of hydrogen-bond acceptors (Lipinski definition) is 3. The van der Waals surface area contributed by atoms with Crippen LogP contribution in [0.1, 0.15) is 30.0 Å². The zero-order valence-electron chi connectivity index (χ0n) is 16.1. The average molecular weight is 366 g/mol. The molecule has 0 unspecified atom stereocenters. The lowest BCUT2D eigenvalue weighted by atomic mass is 10.1. The molecule has 1 aliphatic heterocycles. The molecule has 0 saturated carbocycles. The van der Waals surface area contributed by atoms with Gasteiger partial charge in [-0.3, -0.25) is 14.5 Å². The summed E-state index contributed by atoms with van der Waals surface area (Å²) in [5.74, 6) is 0.323. The fraction of sp³-hybridized carbons (Fsp3) is 0.364. The molecule has 5 nitrogen and oxygen atoms in total. The number of aryl methyl sites for hydroxylation is 2. The topological polar surface area (TPSA) is 58.6 Å². The standard InChI is InChI=1S/C22H26N2O3/c1-4-19-22(26)24(18-13-16(3)7-10-20(18)27-19)14-21(25)23-12-11-17-8-5-15(2)6-9-17/h5-10,13,19H,4,11-12,14H2,1-3H3,(H,23,25)/t19-/m0/s1. The summed E-state index contributed by atoms with van der Waals surface area (Å²) in [6, 6.07) is 14.0. The third kappa shape index (κ3) is 4.48. The van der Waals surface area contributed by atoms with E-state index >= 15 is 0 Å². The molecule has 1 aliphatic rings. The van der Waals surface area contributed by atoms with Gasteiger partial charge in [-0.1, -0.05) is 42.8 Å². The molecule has 0 saturated heterocycles. The lowest BCUT2D eigenvalue weighted by Gasteiger charge is -2.33. The van der Waals surface area contributed by atoms with Crippen molar-refractivity contribution < 1.29 is 14.3 Å². The first-order valence-corrected chi connectivity index (χ1v) is 9.39. The molecule has 3 rings (SSSR count). The number of hydrogen-bond donors (Lipinski definition) is 1. The molecule has 27 heavy (non-hydrogen) atoms. The number of nitrogens with zero attached hydrogens (tertiary/aromatic N) is 1. The SMILES string of the molecule is CC[C@@H]1Oc2ccc(C)cc2N(CC(=O)NCCc2ccc(C)cc2)C1=O. The summed E-state index contributed by atoms with van der Waals surface area (Å²) in [7, 11) is 0. The molecule has 0 aliphatic carbocycles. The van der Waals surface area contributed by atoms with Crippen LogP contribution in [-0.4, -0.2) is 31.0 Å². The van der Waals surface area contributed by atoms with Gasteiger partial charge >= 0.3 is 0 Å². The number of ether oxygens (including phenoxy) is 1. The first-order chi connectivity index (χ1) is 13.0. The molecular formula is C22H26N2O3. The van der Waals surface area contributed by atoms with Crippen molar-refractivity contribution >= 4 is 17.5 Å². The largest absolute Gasteiger partial charge is 0.478 e. The van der Waals surface area contributed by atoms with E-state index in [4.69, 9.17) is 4.74 Å². The van der Waals surface area contributed by atoms with E-state index in [9.17, 15) is 9.59 Å². The highest BCUT2D eigenvalue weighted by Crippen LogP contribution is 2.35. The predicted octanol–water partition coefficient (Wildman–Crippen LogP) is 3.17. The van der Waals surface area contributed by atoms with E-state index in [1.807, 2.05) is 39.0 Å². The molecule has 0 fully saturated rings. The highest BCUT2D eigenvalue weighted by atomic mass is 16.5. The Morgan fingerprint density at radius 3 is 2.52 bits per heavy atom. The van der Waals surface area contributed by atoms with E-state index < -0.39 is 6.10 Å². The van der Waals surface area contributed by atoms with E-state index in [-0.39, 0.29) is 18.4 Å². The number of carbonyl (C=O) groups excluding carboxylic acids is 2. The maximum absolute atomic E-state index is 12.7. The van der Waals surface area contributed by atoms with Gasteiger partial charge in [-0.05, 0) is 49.9 Å². The first kappa shape index (κ1) is 19.0. The molecule has 2 amide bonds. The molecule has 2 aromatic rings. The molecule has 5 heteroatoms. The summed E-state index contributed by atoms with van der Waals surface area (Å²) in [4.78, 5) is 26.7. The quantitative estimate of drug-likeness (QED) is 0.854. The maximum atomic E-state index is 12.7. The fourth-order valence-corrected chi connectivity index (χ4v) is 3.16. The molecular weight excluding hydrogens is 340 g/mol. The van der Waals surface area contributed by atoms with Crippen molar-refractivity contribution in [2.45, 2.75) is 39.7 Å². The van der Waals surface area contributed by atoms with Crippen LogP contribution in [0.15, 0.2) is 42.5 Å². The number of amides is 2. The van der Waals surface area contributed by atoms with Crippen molar-refractivity contribution in [1.82, 2.24) is 5.32 Å². The van der Waals surface area contributed by atoms with Gasteiger partial charge in [-0.15, -0.1) is 0 Å². The summed E-state index contributed by atoms with van der Waals surface area (Å²) < 4.78 is 5.79. The molecule has 0 aromatic heterocycles. The number of rotatable bonds is 6. The minimum Gasteiger partial charge on any atom is -0.478 e. The summed E-state index contributed by atoms with van der Waals surface area (Å²) >= 11 is 0. The van der Waals surface area contributed by atoms with Crippen LogP contribution in [0.25, 0.3) is 0 Å². The Kier molecular flexibility index (Phi) is 5.79. The predicted molar refractivity (Wildman–Crippen MR) is 106 cm³/mol. The van der Waals surface area contributed by atoms with Crippen molar-refractivity contribution in [1.29, 1.82) is 0 Å². The fourth-order valence-electron chi connectivity index (χ4n) is 3.16. The molecule has 1 atom stereocenters. The number of benzene rings is 2. The first-order valence-electron chi connectivity index (χ1n) is 9.39. The summed E-state index contributed by atoms with van der Waals surface area (Å²) in [5, 5.41) is 2.92. The van der Waals surface area contributed by atoms with Crippen LogP contribution in [-0.2, 0) is 16.0 Å². The van der Waals surface area contributed by atoms with Crippen LogP contribution in [0, 0.1) is 13.8 Å². The number of fused-ring (bicyclic) bond motifs is 1. The summed E-state index contributed by atoms with van der Waals surface area (Å²) in [6.07, 6.45) is 0.786. The van der Waals surface area contributed by atoms with Gasteiger partial charge < -0.3 is 10.1 Å². The number of carbonyl (C=O) groups is 2. The third-order valence-corrected chi connectivity index (χ3v) is 4.74. The Bertz CT molecular complexity index is 830. The van der Waals surface area contributed by atoms with E-state index in [0.717, 1.165) is 12.0 Å². The molecule has 1 heterocycles. The lowest BCUT2D eigenvalue weighted by Crippen LogP contribution is -2.49. The van der Waals surface area contributed by atoms with Gasteiger partial charge in [-0.2, -0.15) is 0 Å². The second-order valence-electron chi connectivity index (χ2n) is 7.00. The third-order valence-electron chi connectivity index (χ3n) is 4.74. The Labute approximate surface area is 160 Å². The number of nitrogens with one attached hydrogen (secondary N) is 1. The van der Waals surface area contributed by atoms with Gasteiger partial charge in [0.2, 0.25) is 5.91 Å². The maximum Gasteiger partial charge on any atom is 0.268 e. The smallest absolute Gasteiger partial charge is 0.268 e. The van der Waals surface area contributed by atoms with Crippen LogP contribution in [0.4, 0.5) is 5.69 Å². The second-order valence-corrected chi connectivity index (χ2v) is 7.00. The highest BCUT2D eigenvalue weighted by molar-refractivity contribution is 6.03. The normalized spacial score (nSPS) is 15.9. The zero-order valence-corrected chi connectivity index (χ0v) is 16.1. The van der Waals surface area contributed by atoms with E-state index in [1.54, 1.807) is 4.90 Å². The minimum atomic E-state index is -0.541. The summed E-state index contributed by atoms with van der Waals surface area (Å²) in [6.45, 7) is 6.45. The van der Waals surface area contributed by atoms with Crippen molar-refractivity contribution in [3.8, 4) is 5.75 Å². The Hall–Kier alpha value is -2.82. The molecule has 0 spiro atoms. The van der Waals surface area contributed by atoms with Crippen LogP contribution in [0.2, 0.25) is 0 Å². The van der Waals surface area contributed by atoms with E-state index in [2.05, 4.69) is 29.6 Å². The molecule has 1 N–H and O–H groups in total. The van der Waals surface area contributed by atoms with Gasteiger partial charge in [0.1, 0.15) is 12.3 Å². The molecule has 2 aromatic carbocycles.